The minimum atomic E-state index is -1.01. The Kier molecular flexibility index (Phi) is 5.53. The van der Waals surface area contributed by atoms with Gasteiger partial charge in [-0.2, -0.15) is 0 Å². The number of amides is 2. The predicted molar refractivity (Wildman–Crippen MR) is 110 cm³/mol. The molecule has 0 bridgehead atoms. The molecule has 4 rings (SSSR count). The monoisotopic (exact) mass is 410 g/mol. The lowest BCUT2D eigenvalue weighted by molar-refractivity contribution is -0.157. The van der Waals surface area contributed by atoms with Gasteiger partial charge in [0, 0.05) is 18.7 Å². The number of para-hydroxylation sites is 1. The van der Waals surface area contributed by atoms with Gasteiger partial charge >= 0.3 is 5.97 Å². The van der Waals surface area contributed by atoms with Crippen LogP contribution in [0.25, 0.3) is 0 Å². The van der Waals surface area contributed by atoms with Crippen molar-refractivity contribution in [1.29, 1.82) is 0 Å². The van der Waals surface area contributed by atoms with Crippen molar-refractivity contribution in [1.82, 2.24) is 0 Å². The zero-order valence-corrected chi connectivity index (χ0v) is 16.7. The van der Waals surface area contributed by atoms with E-state index in [1.807, 2.05) is 18.2 Å². The van der Waals surface area contributed by atoms with Crippen LogP contribution in [-0.2, 0) is 32.0 Å². The largest absolute Gasteiger partial charge is 0.452 e. The fraction of sp³-hybridized carbons (Fsp3) is 0.348. The number of carbonyl (C=O) groups is 3. The van der Waals surface area contributed by atoms with Gasteiger partial charge < -0.3 is 15.0 Å². The Labute approximate surface area is 174 Å². The molecule has 1 aliphatic carbocycles. The normalized spacial score (nSPS) is 18.8. The zero-order valence-electron chi connectivity index (χ0n) is 16.7. The third-order valence-corrected chi connectivity index (χ3v) is 5.63. The first-order valence-corrected chi connectivity index (χ1v) is 10.1. The lowest BCUT2D eigenvalue weighted by Crippen LogP contribution is -2.33. The Hall–Kier alpha value is -3.22. The van der Waals surface area contributed by atoms with Crippen LogP contribution in [0.2, 0.25) is 0 Å². The average Bonchev–Trinajstić information content (AvgIpc) is 3.34. The summed E-state index contributed by atoms with van der Waals surface area (Å²) in [6.45, 7) is 1.52. The molecule has 7 heteroatoms. The second-order valence-corrected chi connectivity index (χ2v) is 7.76. The molecule has 0 unspecified atom stereocenters. The van der Waals surface area contributed by atoms with Gasteiger partial charge in [-0.1, -0.05) is 18.2 Å². The molecule has 2 aromatic rings. The van der Waals surface area contributed by atoms with E-state index in [4.69, 9.17) is 4.74 Å². The summed E-state index contributed by atoms with van der Waals surface area (Å²) < 4.78 is 19.3. The first kappa shape index (κ1) is 20.1. The molecule has 1 N–H and O–H groups in total. The van der Waals surface area contributed by atoms with Crippen molar-refractivity contribution < 1.29 is 23.5 Å². The number of ether oxygens (including phenoxy) is 1. The third-order valence-electron chi connectivity index (χ3n) is 5.63. The number of benzene rings is 2. The summed E-state index contributed by atoms with van der Waals surface area (Å²) in [5.74, 6) is -2.69. The van der Waals surface area contributed by atoms with Crippen molar-refractivity contribution in [3.8, 4) is 0 Å². The van der Waals surface area contributed by atoms with Crippen LogP contribution in [-0.4, -0.2) is 30.4 Å². The Balaban J connectivity index is 1.35. The van der Waals surface area contributed by atoms with E-state index in [0.717, 1.165) is 19.3 Å². The van der Waals surface area contributed by atoms with Crippen molar-refractivity contribution in [2.24, 2.45) is 5.92 Å². The van der Waals surface area contributed by atoms with E-state index < -0.39 is 29.7 Å². The van der Waals surface area contributed by atoms with Crippen LogP contribution in [0.1, 0.15) is 30.9 Å². The number of nitrogens with zero attached hydrogens (tertiary/aromatic N) is 1. The second-order valence-electron chi connectivity index (χ2n) is 7.76. The average molecular weight is 410 g/mol. The number of hydrogen-bond donors (Lipinski definition) is 1. The fourth-order valence-corrected chi connectivity index (χ4v) is 3.99. The van der Waals surface area contributed by atoms with Crippen LogP contribution in [0, 0.1) is 11.7 Å². The zero-order chi connectivity index (χ0) is 21.3. The number of aryl methyl sites for hydroxylation is 2. The summed E-state index contributed by atoms with van der Waals surface area (Å²) in [6, 6.07) is 11.7. The number of hydrogen-bond acceptors (Lipinski definition) is 4. The molecule has 156 valence electrons. The van der Waals surface area contributed by atoms with E-state index in [-0.39, 0.29) is 24.6 Å². The van der Waals surface area contributed by atoms with Gasteiger partial charge in [0.15, 0.2) is 6.10 Å². The van der Waals surface area contributed by atoms with Crippen LogP contribution >= 0.6 is 0 Å². The molecule has 0 radical (unpaired) electrons. The van der Waals surface area contributed by atoms with Crippen LogP contribution < -0.4 is 10.2 Å². The highest BCUT2D eigenvalue weighted by Gasteiger charge is 2.38. The van der Waals surface area contributed by atoms with Gasteiger partial charge in [0.1, 0.15) is 5.82 Å². The summed E-state index contributed by atoms with van der Waals surface area (Å²) in [7, 11) is 0. The van der Waals surface area contributed by atoms with Gasteiger partial charge in [0.05, 0.1) is 11.6 Å². The van der Waals surface area contributed by atoms with E-state index in [1.165, 1.54) is 41.1 Å². The fourth-order valence-electron chi connectivity index (χ4n) is 3.99. The summed E-state index contributed by atoms with van der Waals surface area (Å²) >= 11 is 0. The highest BCUT2D eigenvalue weighted by Crippen LogP contribution is 2.28. The molecule has 1 aliphatic heterocycles. The van der Waals surface area contributed by atoms with Crippen molar-refractivity contribution in [3.05, 3.63) is 59.4 Å². The molecule has 0 spiro atoms. The molecule has 2 aromatic carbocycles. The number of anilines is 2. The lowest BCUT2D eigenvalue weighted by Gasteiger charge is -2.18. The highest BCUT2D eigenvalue weighted by molar-refractivity contribution is 6.00. The number of nitrogens with one attached hydrogen (secondary N) is 1. The summed E-state index contributed by atoms with van der Waals surface area (Å²) in [4.78, 5) is 38.5. The maximum Gasteiger partial charge on any atom is 0.312 e. The number of esters is 1. The Bertz CT molecular complexity index is 1010. The van der Waals surface area contributed by atoms with Gasteiger partial charge in [0.2, 0.25) is 5.91 Å². The van der Waals surface area contributed by atoms with Crippen LogP contribution in [0.5, 0.6) is 0 Å². The molecule has 1 fully saturated rings. The topological polar surface area (TPSA) is 75.7 Å². The molecule has 30 heavy (non-hydrogen) atoms. The number of rotatable bonds is 5. The molecule has 6 nitrogen and oxygen atoms in total. The molecule has 1 heterocycles. The standard InChI is InChI=1S/C23H23FN2O4/c1-14(22(28)25-18-10-9-15-5-4-6-16(15)11-18)30-23(29)17-12-21(27)26(13-17)20-8-3-2-7-19(20)24/h2-3,7-11,14,17H,4-6,12-13H2,1H3,(H,25,28)/t14-,17+/m1/s1. The second kappa shape index (κ2) is 8.26. The van der Waals surface area contributed by atoms with Gasteiger partial charge in [-0.05, 0) is 61.6 Å². The quantitative estimate of drug-likeness (QED) is 0.768. The maximum atomic E-state index is 14.0. The van der Waals surface area contributed by atoms with E-state index in [0.29, 0.717) is 5.69 Å². The molecule has 2 aliphatic rings. The minimum absolute atomic E-state index is 0.0256. The Morgan fingerprint density at radius 1 is 1.17 bits per heavy atom. The van der Waals surface area contributed by atoms with Crippen molar-refractivity contribution >= 4 is 29.2 Å². The lowest BCUT2D eigenvalue weighted by atomic mass is 10.1. The molecule has 2 amide bonds. The molecule has 0 aromatic heterocycles. The Morgan fingerprint density at radius 3 is 2.73 bits per heavy atom. The van der Waals surface area contributed by atoms with Gasteiger partial charge in [-0.15, -0.1) is 0 Å². The summed E-state index contributed by atoms with van der Waals surface area (Å²) in [6.07, 6.45) is 2.08. The predicted octanol–water partition coefficient (Wildman–Crippen LogP) is 3.24. The van der Waals surface area contributed by atoms with Crippen molar-refractivity contribution in [3.63, 3.8) is 0 Å². The van der Waals surface area contributed by atoms with E-state index in [9.17, 15) is 18.8 Å². The summed E-state index contributed by atoms with van der Waals surface area (Å²) in [5, 5.41) is 2.78. The minimum Gasteiger partial charge on any atom is -0.452 e. The van der Waals surface area contributed by atoms with E-state index in [1.54, 1.807) is 6.07 Å². The van der Waals surface area contributed by atoms with Crippen molar-refractivity contribution in [2.75, 3.05) is 16.8 Å². The summed E-state index contributed by atoms with van der Waals surface area (Å²) in [5.41, 5.74) is 3.35. The van der Waals surface area contributed by atoms with Crippen LogP contribution in [0.15, 0.2) is 42.5 Å². The first-order chi connectivity index (χ1) is 14.4. The number of fused-ring (bicyclic) bond motifs is 1. The van der Waals surface area contributed by atoms with E-state index in [2.05, 4.69) is 5.32 Å². The molecular weight excluding hydrogens is 387 g/mol. The molecular formula is C23H23FN2O4. The van der Waals surface area contributed by atoms with Gasteiger partial charge in [-0.3, -0.25) is 14.4 Å². The highest BCUT2D eigenvalue weighted by atomic mass is 19.1. The third kappa shape index (κ3) is 4.06. The number of halogens is 1. The molecule has 2 atom stereocenters. The maximum absolute atomic E-state index is 14.0. The van der Waals surface area contributed by atoms with Crippen LogP contribution in [0.4, 0.5) is 15.8 Å². The van der Waals surface area contributed by atoms with Gasteiger partial charge in [0.25, 0.3) is 5.91 Å². The van der Waals surface area contributed by atoms with Crippen LogP contribution in [0.3, 0.4) is 0 Å². The molecule has 1 saturated heterocycles. The molecule has 0 saturated carbocycles. The smallest absolute Gasteiger partial charge is 0.312 e. The number of carbonyl (C=O) groups excluding carboxylic acids is 3. The SMILES string of the molecule is C[C@@H](OC(=O)[C@H]1CC(=O)N(c2ccccc2F)C1)C(=O)Nc1ccc2c(c1)CCC2. The van der Waals surface area contributed by atoms with Crippen molar-refractivity contribution in [2.45, 2.75) is 38.7 Å². The van der Waals surface area contributed by atoms with Gasteiger partial charge in [-0.25, -0.2) is 4.39 Å². The Morgan fingerprint density at radius 2 is 1.93 bits per heavy atom. The van der Waals surface area contributed by atoms with E-state index >= 15 is 0 Å². The first-order valence-electron chi connectivity index (χ1n) is 10.1.